The van der Waals surface area contributed by atoms with Crippen LogP contribution in [0.15, 0.2) is 54.6 Å². The first kappa shape index (κ1) is 19.4. The molecule has 6 nitrogen and oxygen atoms in total. The van der Waals surface area contributed by atoms with Crippen molar-refractivity contribution in [2.24, 2.45) is 0 Å². The second-order valence-corrected chi connectivity index (χ2v) is 7.60. The van der Waals surface area contributed by atoms with Crippen molar-refractivity contribution in [1.29, 1.82) is 0 Å². The van der Waals surface area contributed by atoms with E-state index in [1.54, 1.807) is 11.6 Å². The number of benzene rings is 2. The Morgan fingerprint density at radius 1 is 1.17 bits per heavy atom. The highest BCUT2D eigenvalue weighted by Gasteiger charge is 2.37. The monoisotopic (exact) mass is 391 g/mol. The Kier molecular flexibility index (Phi) is 5.74. The van der Waals surface area contributed by atoms with Gasteiger partial charge in [0.1, 0.15) is 0 Å². The van der Waals surface area contributed by atoms with Crippen LogP contribution in [0, 0.1) is 0 Å². The van der Waals surface area contributed by atoms with Crippen molar-refractivity contribution >= 4 is 23.5 Å². The van der Waals surface area contributed by atoms with Crippen LogP contribution < -0.4 is 10.8 Å². The summed E-state index contributed by atoms with van der Waals surface area (Å²) in [5.74, 6) is -0.313. The predicted octanol–water partition coefficient (Wildman–Crippen LogP) is 2.95. The van der Waals surface area contributed by atoms with Crippen molar-refractivity contribution in [3.63, 3.8) is 0 Å². The highest BCUT2D eigenvalue weighted by Crippen LogP contribution is 2.35. The second-order valence-electron chi connectivity index (χ2n) is 7.60. The van der Waals surface area contributed by atoms with E-state index in [1.165, 1.54) is 6.08 Å². The Hall–Kier alpha value is -2.96. The molecule has 6 heteroatoms. The van der Waals surface area contributed by atoms with Gasteiger partial charge in [0.2, 0.25) is 0 Å². The second kappa shape index (κ2) is 8.59. The fraction of sp³-hybridized carbons (Fsp3) is 0.304. The zero-order valence-electron chi connectivity index (χ0n) is 16.2. The fourth-order valence-electron chi connectivity index (χ4n) is 4.29. The summed E-state index contributed by atoms with van der Waals surface area (Å²) in [6.45, 7) is 2.35. The summed E-state index contributed by atoms with van der Waals surface area (Å²) >= 11 is 0. The molecule has 1 saturated heterocycles. The number of carbonyl (C=O) groups is 2. The number of para-hydroxylation sites is 1. The minimum absolute atomic E-state index is 0.0409. The number of rotatable bonds is 6. The number of hydrogen-bond donors (Lipinski definition) is 3. The molecule has 1 unspecified atom stereocenters. The lowest BCUT2D eigenvalue weighted by atomic mass is 9.91. The van der Waals surface area contributed by atoms with Crippen LogP contribution in [-0.2, 0) is 16.1 Å². The van der Waals surface area contributed by atoms with E-state index in [2.05, 4.69) is 16.3 Å². The number of carbonyl (C=O) groups excluding carboxylic acids is 2. The number of hydroxylamine groups is 1. The van der Waals surface area contributed by atoms with Gasteiger partial charge in [0, 0.05) is 24.9 Å². The summed E-state index contributed by atoms with van der Waals surface area (Å²) in [5.41, 5.74) is 5.78. The van der Waals surface area contributed by atoms with E-state index in [0.29, 0.717) is 12.3 Å². The normalized spacial score (nSPS) is 21.1. The van der Waals surface area contributed by atoms with Crippen LogP contribution in [0.5, 0.6) is 0 Å². The lowest BCUT2D eigenvalue weighted by Gasteiger charge is -2.25. The van der Waals surface area contributed by atoms with Gasteiger partial charge in [-0.05, 0) is 48.2 Å². The van der Waals surface area contributed by atoms with Gasteiger partial charge in [-0.2, -0.15) is 0 Å². The summed E-state index contributed by atoms with van der Waals surface area (Å²) in [7, 11) is 0. The third-order valence-electron chi connectivity index (χ3n) is 5.77. The van der Waals surface area contributed by atoms with Crippen LogP contribution >= 0.6 is 0 Å². The minimum Gasteiger partial charge on any atom is -0.384 e. The molecule has 4 rings (SSSR count). The molecular weight excluding hydrogens is 366 g/mol. The van der Waals surface area contributed by atoms with Gasteiger partial charge in [-0.1, -0.05) is 42.5 Å². The van der Waals surface area contributed by atoms with Crippen molar-refractivity contribution in [3.05, 3.63) is 71.3 Å². The van der Waals surface area contributed by atoms with Gasteiger partial charge in [0.25, 0.3) is 5.91 Å². The molecule has 0 radical (unpaired) electrons. The number of Topliss-reactive ketones (excluding diaryl/α,β-unsaturated/α-hetero) is 1. The first-order chi connectivity index (χ1) is 14.2. The lowest BCUT2D eigenvalue weighted by molar-refractivity contribution is -0.125. The third-order valence-corrected chi connectivity index (χ3v) is 5.77. The molecule has 2 aromatic carbocycles. The molecule has 1 amide bonds. The molecule has 0 bridgehead atoms. The van der Waals surface area contributed by atoms with E-state index in [9.17, 15) is 9.59 Å². The Morgan fingerprint density at radius 2 is 1.97 bits per heavy atom. The Balaban J connectivity index is 1.42. The maximum Gasteiger partial charge on any atom is 0.267 e. The highest BCUT2D eigenvalue weighted by molar-refractivity contribution is 5.94. The maximum absolute atomic E-state index is 13.3. The first-order valence-corrected chi connectivity index (χ1v) is 9.97. The molecule has 0 spiro atoms. The fourth-order valence-corrected chi connectivity index (χ4v) is 4.29. The predicted molar refractivity (Wildman–Crippen MR) is 112 cm³/mol. The number of hydrogen-bond acceptors (Lipinski definition) is 5. The van der Waals surface area contributed by atoms with Gasteiger partial charge in [-0.15, -0.1) is 0 Å². The van der Waals surface area contributed by atoms with E-state index in [4.69, 9.17) is 5.21 Å². The zero-order chi connectivity index (χ0) is 20.2. The molecule has 2 heterocycles. The van der Waals surface area contributed by atoms with Gasteiger partial charge in [-0.3, -0.25) is 19.7 Å². The van der Waals surface area contributed by atoms with Crippen LogP contribution in [0.1, 0.15) is 35.4 Å². The molecule has 0 saturated carbocycles. The minimum atomic E-state index is -0.560. The average Bonchev–Trinajstić information content (AvgIpc) is 3.39. The molecule has 1 fully saturated rings. The van der Waals surface area contributed by atoms with Crippen LogP contribution in [0.25, 0.3) is 6.08 Å². The standard InChI is InChI=1S/C23H25N3O3/c27-22(25-29)12-11-16-7-9-17(10-8-16)15-26-13-3-6-21(26)23(28)19-14-24-20-5-2-1-4-18(19)20/h1-2,4-5,7-12,19,21,24,29H,3,6,13-15H2,(H,25,27)/b12-11+/t19?,21-/m0/s1. The molecule has 0 aromatic heterocycles. The van der Waals surface area contributed by atoms with Gasteiger partial charge in [-0.25, -0.2) is 5.48 Å². The number of anilines is 1. The van der Waals surface area contributed by atoms with Gasteiger partial charge in [0.15, 0.2) is 5.78 Å². The highest BCUT2D eigenvalue weighted by atomic mass is 16.5. The van der Waals surface area contributed by atoms with E-state index in [0.717, 1.165) is 48.3 Å². The largest absolute Gasteiger partial charge is 0.384 e. The van der Waals surface area contributed by atoms with E-state index < -0.39 is 5.91 Å². The average molecular weight is 391 g/mol. The summed E-state index contributed by atoms with van der Waals surface area (Å²) < 4.78 is 0. The lowest BCUT2D eigenvalue weighted by Crippen LogP contribution is -2.38. The molecule has 2 aliphatic rings. The van der Waals surface area contributed by atoms with Gasteiger partial charge >= 0.3 is 0 Å². The third kappa shape index (κ3) is 4.23. The van der Waals surface area contributed by atoms with Gasteiger partial charge < -0.3 is 5.32 Å². The molecule has 3 N–H and O–H groups in total. The molecule has 0 aliphatic carbocycles. The Morgan fingerprint density at radius 3 is 2.76 bits per heavy atom. The van der Waals surface area contributed by atoms with Crippen molar-refractivity contribution in [2.75, 3.05) is 18.4 Å². The maximum atomic E-state index is 13.3. The van der Waals surface area contributed by atoms with E-state index in [1.807, 2.05) is 42.5 Å². The summed E-state index contributed by atoms with van der Waals surface area (Å²) in [6.07, 6.45) is 4.86. The molecule has 2 atom stereocenters. The Labute approximate surface area is 170 Å². The number of likely N-dealkylation sites (tertiary alicyclic amines) is 1. The molecule has 150 valence electrons. The first-order valence-electron chi connectivity index (χ1n) is 9.97. The zero-order valence-corrected chi connectivity index (χ0v) is 16.2. The smallest absolute Gasteiger partial charge is 0.267 e. The number of nitrogens with one attached hydrogen (secondary N) is 2. The van der Waals surface area contributed by atoms with E-state index >= 15 is 0 Å². The SMILES string of the molecule is O=C(/C=C/c1ccc(CN2CCC[C@H]2C(=O)C2CNc3ccccc32)cc1)NO. The summed E-state index contributed by atoms with van der Waals surface area (Å²) in [5, 5.41) is 11.9. The van der Waals surface area contributed by atoms with Gasteiger partial charge in [0.05, 0.1) is 12.0 Å². The number of amides is 1. The van der Waals surface area contributed by atoms with Crippen molar-refractivity contribution in [2.45, 2.75) is 31.3 Å². The summed E-state index contributed by atoms with van der Waals surface area (Å²) in [4.78, 5) is 26.7. The topological polar surface area (TPSA) is 81.7 Å². The molecule has 29 heavy (non-hydrogen) atoms. The van der Waals surface area contributed by atoms with E-state index in [-0.39, 0.29) is 12.0 Å². The molecular formula is C23H25N3O3. The molecule has 2 aliphatic heterocycles. The van der Waals surface area contributed by atoms with Crippen LogP contribution in [-0.4, -0.2) is 40.9 Å². The van der Waals surface area contributed by atoms with Crippen LogP contribution in [0.2, 0.25) is 0 Å². The number of fused-ring (bicyclic) bond motifs is 1. The number of nitrogens with zero attached hydrogens (tertiary/aromatic N) is 1. The van der Waals surface area contributed by atoms with Crippen molar-refractivity contribution in [3.8, 4) is 0 Å². The number of ketones is 1. The molecule has 2 aromatic rings. The quantitative estimate of drug-likeness (QED) is 0.401. The summed E-state index contributed by atoms with van der Waals surface area (Å²) in [6, 6.07) is 15.9. The van der Waals surface area contributed by atoms with Crippen molar-refractivity contribution in [1.82, 2.24) is 10.4 Å². The van der Waals surface area contributed by atoms with Crippen LogP contribution in [0.3, 0.4) is 0 Å². The Bertz CT molecular complexity index is 923. The van der Waals surface area contributed by atoms with Crippen LogP contribution in [0.4, 0.5) is 5.69 Å². The van der Waals surface area contributed by atoms with Crippen molar-refractivity contribution < 1.29 is 14.8 Å².